The number of aliphatic hydroxyl groups is 1. The number of carbonyl (C=O) groups excluding carboxylic acids is 1. The number of nitrogens with zero attached hydrogens (tertiary/aromatic N) is 1. The zero-order valence-corrected chi connectivity index (χ0v) is 12.1. The van der Waals surface area contributed by atoms with Crippen LogP contribution in [0.2, 0.25) is 0 Å². The van der Waals surface area contributed by atoms with E-state index in [9.17, 15) is 9.90 Å². The SMILES string of the molecule is O=C(c1cccn1Cc1ccccc1)C(O)c1ccccc1. The molecule has 1 atom stereocenters. The second kappa shape index (κ2) is 6.41. The van der Waals surface area contributed by atoms with Gasteiger partial charge < -0.3 is 9.67 Å². The van der Waals surface area contributed by atoms with Gasteiger partial charge in [-0.1, -0.05) is 60.7 Å². The molecule has 110 valence electrons. The van der Waals surface area contributed by atoms with Gasteiger partial charge in [0, 0.05) is 12.7 Å². The third kappa shape index (κ3) is 3.00. The van der Waals surface area contributed by atoms with Crippen LogP contribution in [0.3, 0.4) is 0 Å². The van der Waals surface area contributed by atoms with Gasteiger partial charge in [0.05, 0.1) is 5.69 Å². The van der Waals surface area contributed by atoms with Crippen molar-refractivity contribution in [2.45, 2.75) is 12.6 Å². The molecule has 3 aromatic rings. The molecule has 0 aliphatic carbocycles. The van der Waals surface area contributed by atoms with Crippen LogP contribution < -0.4 is 0 Å². The molecule has 0 spiro atoms. The molecule has 0 radical (unpaired) electrons. The molecule has 1 N–H and O–H groups in total. The molecular formula is C19H17NO2. The number of aromatic nitrogens is 1. The number of Topliss-reactive ketones (excluding diaryl/α,β-unsaturated/α-hetero) is 1. The lowest BCUT2D eigenvalue weighted by atomic mass is 10.0. The van der Waals surface area contributed by atoms with E-state index < -0.39 is 6.10 Å². The first-order valence-corrected chi connectivity index (χ1v) is 7.22. The molecule has 0 fully saturated rings. The van der Waals surface area contributed by atoms with E-state index in [1.54, 1.807) is 18.2 Å². The smallest absolute Gasteiger partial charge is 0.212 e. The van der Waals surface area contributed by atoms with Gasteiger partial charge in [-0.05, 0) is 23.3 Å². The third-order valence-corrected chi connectivity index (χ3v) is 3.64. The van der Waals surface area contributed by atoms with Crippen molar-refractivity contribution >= 4 is 5.78 Å². The first-order chi connectivity index (χ1) is 10.8. The molecule has 0 saturated carbocycles. The second-order valence-corrected chi connectivity index (χ2v) is 5.18. The average Bonchev–Trinajstić information content (AvgIpc) is 3.03. The lowest BCUT2D eigenvalue weighted by molar-refractivity contribution is 0.0738. The van der Waals surface area contributed by atoms with E-state index in [2.05, 4.69) is 0 Å². The molecule has 22 heavy (non-hydrogen) atoms. The fourth-order valence-electron chi connectivity index (χ4n) is 2.48. The highest BCUT2D eigenvalue weighted by Gasteiger charge is 2.21. The molecule has 2 aromatic carbocycles. The van der Waals surface area contributed by atoms with Crippen LogP contribution in [0.5, 0.6) is 0 Å². The summed E-state index contributed by atoms with van der Waals surface area (Å²) in [5.41, 5.74) is 2.24. The molecule has 0 aliphatic heterocycles. The zero-order valence-electron chi connectivity index (χ0n) is 12.1. The normalized spacial score (nSPS) is 12.0. The van der Waals surface area contributed by atoms with Gasteiger partial charge in [0.2, 0.25) is 5.78 Å². The van der Waals surface area contributed by atoms with Gasteiger partial charge in [-0.2, -0.15) is 0 Å². The first kappa shape index (κ1) is 14.3. The third-order valence-electron chi connectivity index (χ3n) is 3.64. The predicted molar refractivity (Wildman–Crippen MR) is 85.7 cm³/mol. The summed E-state index contributed by atoms with van der Waals surface area (Å²) in [6.45, 7) is 0.608. The van der Waals surface area contributed by atoms with Gasteiger partial charge in [0.15, 0.2) is 0 Å². The van der Waals surface area contributed by atoms with E-state index in [4.69, 9.17) is 0 Å². The van der Waals surface area contributed by atoms with E-state index in [-0.39, 0.29) is 5.78 Å². The summed E-state index contributed by atoms with van der Waals surface area (Å²) >= 11 is 0. The van der Waals surface area contributed by atoms with Crippen LogP contribution in [0, 0.1) is 0 Å². The van der Waals surface area contributed by atoms with Gasteiger partial charge >= 0.3 is 0 Å². The van der Waals surface area contributed by atoms with Crippen molar-refractivity contribution in [2.24, 2.45) is 0 Å². The fourth-order valence-corrected chi connectivity index (χ4v) is 2.48. The molecule has 3 nitrogen and oxygen atoms in total. The van der Waals surface area contributed by atoms with E-state index in [1.807, 2.05) is 65.4 Å². The molecule has 1 unspecified atom stereocenters. The molecule has 0 amide bonds. The molecule has 3 rings (SSSR count). The minimum absolute atomic E-state index is 0.285. The van der Waals surface area contributed by atoms with Crippen molar-refractivity contribution in [1.29, 1.82) is 0 Å². The van der Waals surface area contributed by atoms with Crippen molar-refractivity contribution < 1.29 is 9.90 Å². The summed E-state index contributed by atoms with van der Waals surface area (Å²) < 4.78 is 1.86. The number of carbonyl (C=O) groups is 1. The Morgan fingerprint density at radius 2 is 1.55 bits per heavy atom. The monoisotopic (exact) mass is 291 g/mol. The van der Waals surface area contributed by atoms with Crippen LogP contribution in [0.15, 0.2) is 79.0 Å². The highest BCUT2D eigenvalue weighted by molar-refractivity contribution is 5.98. The van der Waals surface area contributed by atoms with Crippen molar-refractivity contribution in [3.63, 3.8) is 0 Å². The minimum atomic E-state index is -1.13. The van der Waals surface area contributed by atoms with Crippen LogP contribution in [0.4, 0.5) is 0 Å². The Morgan fingerprint density at radius 3 is 2.23 bits per heavy atom. The summed E-state index contributed by atoms with van der Waals surface area (Å²) in [7, 11) is 0. The van der Waals surface area contributed by atoms with Crippen molar-refractivity contribution in [2.75, 3.05) is 0 Å². The largest absolute Gasteiger partial charge is 0.380 e. The molecular weight excluding hydrogens is 274 g/mol. The van der Waals surface area contributed by atoms with E-state index in [1.165, 1.54) is 0 Å². The van der Waals surface area contributed by atoms with Gasteiger partial charge in [-0.15, -0.1) is 0 Å². The Labute approximate surface area is 129 Å². The van der Waals surface area contributed by atoms with Gasteiger partial charge in [0.25, 0.3) is 0 Å². The number of aliphatic hydroxyl groups excluding tert-OH is 1. The minimum Gasteiger partial charge on any atom is -0.380 e. The highest BCUT2D eigenvalue weighted by atomic mass is 16.3. The van der Waals surface area contributed by atoms with Crippen LogP contribution in [0.1, 0.15) is 27.7 Å². The number of ketones is 1. The fraction of sp³-hybridized carbons (Fsp3) is 0.105. The van der Waals surface area contributed by atoms with Crippen molar-refractivity contribution in [1.82, 2.24) is 4.57 Å². The van der Waals surface area contributed by atoms with Gasteiger partial charge in [-0.3, -0.25) is 4.79 Å². The standard InChI is InChI=1S/C19H17NO2/c21-18(16-10-5-2-6-11-16)19(22)17-12-7-13-20(17)14-15-8-3-1-4-9-15/h1-13,18,21H,14H2. The van der Waals surface area contributed by atoms with Crippen molar-refractivity contribution in [3.8, 4) is 0 Å². The predicted octanol–water partition coefficient (Wildman–Crippen LogP) is 3.45. The Morgan fingerprint density at radius 1 is 0.909 bits per heavy atom. The van der Waals surface area contributed by atoms with Crippen LogP contribution >= 0.6 is 0 Å². The summed E-state index contributed by atoms with van der Waals surface area (Å²) in [4.78, 5) is 12.5. The van der Waals surface area contributed by atoms with E-state index >= 15 is 0 Å². The summed E-state index contributed by atoms with van der Waals surface area (Å²) in [6.07, 6.45) is 0.725. The Kier molecular flexibility index (Phi) is 4.17. The highest BCUT2D eigenvalue weighted by Crippen LogP contribution is 2.19. The van der Waals surface area contributed by atoms with Crippen LogP contribution in [0.25, 0.3) is 0 Å². The molecule has 0 saturated heterocycles. The van der Waals surface area contributed by atoms with Crippen LogP contribution in [-0.4, -0.2) is 15.5 Å². The maximum Gasteiger partial charge on any atom is 0.212 e. The quantitative estimate of drug-likeness (QED) is 0.732. The lowest BCUT2D eigenvalue weighted by Gasteiger charge is -2.13. The van der Waals surface area contributed by atoms with Gasteiger partial charge in [-0.25, -0.2) is 0 Å². The molecule has 3 heteroatoms. The molecule has 1 heterocycles. The first-order valence-electron chi connectivity index (χ1n) is 7.22. The van der Waals surface area contributed by atoms with E-state index in [0.717, 1.165) is 5.56 Å². The number of hydrogen-bond acceptors (Lipinski definition) is 2. The number of benzene rings is 2. The second-order valence-electron chi connectivity index (χ2n) is 5.18. The van der Waals surface area contributed by atoms with Crippen LogP contribution in [-0.2, 0) is 6.54 Å². The molecule has 0 bridgehead atoms. The maximum absolute atomic E-state index is 12.5. The zero-order chi connectivity index (χ0) is 15.4. The number of rotatable bonds is 5. The van der Waals surface area contributed by atoms with Crippen molar-refractivity contribution in [3.05, 3.63) is 95.8 Å². The number of hydrogen-bond donors (Lipinski definition) is 1. The Bertz CT molecular complexity index is 747. The van der Waals surface area contributed by atoms with E-state index in [0.29, 0.717) is 17.8 Å². The Hall–Kier alpha value is -2.65. The maximum atomic E-state index is 12.5. The molecule has 0 aliphatic rings. The molecule has 1 aromatic heterocycles. The summed E-state index contributed by atoms with van der Waals surface area (Å²) in [6, 6.07) is 22.5. The summed E-state index contributed by atoms with van der Waals surface area (Å²) in [5, 5.41) is 10.3. The topological polar surface area (TPSA) is 42.2 Å². The average molecular weight is 291 g/mol. The van der Waals surface area contributed by atoms with Gasteiger partial charge in [0.1, 0.15) is 6.10 Å². The Balaban J connectivity index is 1.84. The lowest BCUT2D eigenvalue weighted by Crippen LogP contribution is -2.17. The summed E-state index contributed by atoms with van der Waals surface area (Å²) in [5.74, 6) is -0.285.